The number of fused-ring (bicyclic) bond motifs is 1. The van der Waals surface area contributed by atoms with Crippen LogP contribution in [0.2, 0.25) is 0 Å². The highest BCUT2D eigenvalue weighted by Crippen LogP contribution is 2.28. The highest BCUT2D eigenvalue weighted by Gasteiger charge is 2.27. The van der Waals surface area contributed by atoms with Crippen LogP contribution in [0.1, 0.15) is 31.4 Å². The molecule has 0 aliphatic heterocycles. The fourth-order valence-electron chi connectivity index (χ4n) is 2.91. The topological polar surface area (TPSA) is 15.3 Å². The molecular formula is C18H24N2. The summed E-state index contributed by atoms with van der Waals surface area (Å²) in [5.74, 6) is 0. The number of nitrogens with one attached hydrogen (secondary N) is 1. The Hall–Kier alpha value is -1.38. The maximum absolute atomic E-state index is 3.64. The zero-order chi connectivity index (χ0) is 13.9. The van der Waals surface area contributed by atoms with E-state index in [-0.39, 0.29) is 0 Å². The van der Waals surface area contributed by atoms with Crippen molar-refractivity contribution >= 4 is 10.8 Å². The first-order valence-electron chi connectivity index (χ1n) is 7.70. The van der Waals surface area contributed by atoms with Crippen molar-refractivity contribution in [2.24, 2.45) is 0 Å². The van der Waals surface area contributed by atoms with Gasteiger partial charge in [0.25, 0.3) is 0 Å². The SMILES string of the molecule is CCNC(CN(C)C1CC1)c1ccc2ccccc2c1. The van der Waals surface area contributed by atoms with E-state index in [1.54, 1.807) is 0 Å². The molecule has 1 aliphatic rings. The lowest BCUT2D eigenvalue weighted by Crippen LogP contribution is -2.34. The average Bonchev–Trinajstić information content (AvgIpc) is 3.31. The molecule has 3 rings (SSSR count). The lowest BCUT2D eigenvalue weighted by atomic mass is 10.0. The number of hydrogen-bond acceptors (Lipinski definition) is 2. The predicted octanol–water partition coefficient (Wildman–Crippen LogP) is 3.58. The fraction of sp³-hybridized carbons (Fsp3) is 0.444. The van der Waals surface area contributed by atoms with Gasteiger partial charge in [-0.3, -0.25) is 0 Å². The minimum atomic E-state index is 0.426. The highest BCUT2D eigenvalue weighted by molar-refractivity contribution is 5.83. The van der Waals surface area contributed by atoms with Crippen molar-refractivity contribution < 1.29 is 0 Å². The van der Waals surface area contributed by atoms with Gasteiger partial charge in [0.2, 0.25) is 0 Å². The molecule has 20 heavy (non-hydrogen) atoms. The van der Waals surface area contributed by atoms with Gasteiger partial charge < -0.3 is 10.2 Å². The quantitative estimate of drug-likeness (QED) is 0.861. The Labute approximate surface area is 121 Å². The largest absolute Gasteiger partial charge is 0.309 e. The van der Waals surface area contributed by atoms with Crippen LogP contribution in [-0.4, -0.2) is 31.1 Å². The molecule has 0 amide bonds. The van der Waals surface area contributed by atoms with Gasteiger partial charge in [-0.2, -0.15) is 0 Å². The second-order valence-electron chi connectivity index (χ2n) is 5.89. The molecule has 0 aromatic heterocycles. The minimum Gasteiger partial charge on any atom is -0.309 e. The van der Waals surface area contributed by atoms with E-state index in [0.717, 1.165) is 19.1 Å². The zero-order valence-electron chi connectivity index (χ0n) is 12.5. The Kier molecular flexibility index (Phi) is 4.04. The van der Waals surface area contributed by atoms with E-state index >= 15 is 0 Å². The van der Waals surface area contributed by atoms with Crippen LogP contribution in [0.15, 0.2) is 42.5 Å². The van der Waals surface area contributed by atoms with Gasteiger partial charge in [0.1, 0.15) is 0 Å². The molecule has 0 heterocycles. The summed E-state index contributed by atoms with van der Waals surface area (Å²) in [5.41, 5.74) is 1.40. The molecule has 2 heteroatoms. The Balaban J connectivity index is 1.83. The molecular weight excluding hydrogens is 244 g/mol. The van der Waals surface area contributed by atoms with E-state index in [1.165, 1.54) is 29.2 Å². The first-order chi connectivity index (χ1) is 9.78. The summed E-state index contributed by atoms with van der Waals surface area (Å²) in [6, 6.07) is 16.7. The number of benzene rings is 2. The second kappa shape index (κ2) is 5.94. The third kappa shape index (κ3) is 3.02. The summed E-state index contributed by atoms with van der Waals surface area (Å²) in [7, 11) is 2.25. The van der Waals surface area contributed by atoms with Crippen molar-refractivity contribution in [2.45, 2.75) is 31.8 Å². The molecule has 0 radical (unpaired) electrons. The van der Waals surface area contributed by atoms with E-state index in [9.17, 15) is 0 Å². The van der Waals surface area contributed by atoms with Crippen molar-refractivity contribution in [3.05, 3.63) is 48.0 Å². The van der Waals surface area contributed by atoms with Crippen LogP contribution in [0.3, 0.4) is 0 Å². The molecule has 1 fully saturated rings. The van der Waals surface area contributed by atoms with Gasteiger partial charge in [0, 0.05) is 18.6 Å². The smallest absolute Gasteiger partial charge is 0.0449 e. The lowest BCUT2D eigenvalue weighted by Gasteiger charge is -2.25. The number of rotatable bonds is 6. The minimum absolute atomic E-state index is 0.426. The Morgan fingerprint density at radius 3 is 2.60 bits per heavy atom. The van der Waals surface area contributed by atoms with Gasteiger partial charge in [-0.05, 0) is 48.8 Å². The van der Waals surface area contributed by atoms with E-state index in [0.29, 0.717) is 6.04 Å². The highest BCUT2D eigenvalue weighted by atomic mass is 15.2. The molecule has 1 aliphatic carbocycles. The molecule has 1 N–H and O–H groups in total. The molecule has 2 nitrogen and oxygen atoms in total. The van der Waals surface area contributed by atoms with Crippen LogP contribution in [0.5, 0.6) is 0 Å². The maximum atomic E-state index is 3.64. The van der Waals surface area contributed by atoms with Crippen molar-refractivity contribution in [1.29, 1.82) is 0 Å². The van der Waals surface area contributed by atoms with Gasteiger partial charge in [-0.1, -0.05) is 43.3 Å². The summed E-state index contributed by atoms with van der Waals surface area (Å²) in [5, 5.41) is 6.29. The normalized spacial score (nSPS) is 16.8. The predicted molar refractivity (Wildman–Crippen MR) is 86.0 cm³/mol. The molecule has 106 valence electrons. The fourth-order valence-corrected chi connectivity index (χ4v) is 2.91. The Bertz CT molecular complexity index is 574. The number of nitrogens with zero attached hydrogens (tertiary/aromatic N) is 1. The van der Waals surface area contributed by atoms with Crippen molar-refractivity contribution in [3.8, 4) is 0 Å². The van der Waals surface area contributed by atoms with Crippen molar-refractivity contribution in [3.63, 3.8) is 0 Å². The molecule has 0 spiro atoms. The summed E-state index contributed by atoms with van der Waals surface area (Å²) >= 11 is 0. The monoisotopic (exact) mass is 268 g/mol. The van der Waals surface area contributed by atoms with Crippen LogP contribution in [0.25, 0.3) is 10.8 Å². The van der Waals surface area contributed by atoms with Gasteiger partial charge in [-0.15, -0.1) is 0 Å². The Morgan fingerprint density at radius 1 is 1.15 bits per heavy atom. The van der Waals surface area contributed by atoms with Crippen LogP contribution < -0.4 is 5.32 Å². The molecule has 2 aromatic carbocycles. The zero-order valence-corrected chi connectivity index (χ0v) is 12.5. The summed E-state index contributed by atoms with van der Waals surface area (Å²) in [6.45, 7) is 4.29. The van der Waals surface area contributed by atoms with Crippen LogP contribution >= 0.6 is 0 Å². The van der Waals surface area contributed by atoms with Crippen LogP contribution in [0, 0.1) is 0 Å². The third-order valence-corrected chi connectivity index (χ3v) is 4.27. The molecule has 2 aromatic rings. The lowest BCUT2D eigenvalue weighted by molar-refractivity contribution is 0.283. The summed E-state index contributed by atoms with van der Waals surface area (Å²) in [6.07, 6.45) is 2.74. The maximum Gasteiger partial charge on any atom is 0.0449 e. The van der Waals surface area contributed by atoms with Gasteiger partial charge >= 0.3 is 0 Å². The third-order valence-electron chi connectivity index (χ3n) is 4.27. The van der Waals surface area contributed by atoms with Gasteiger partial charge in [0.05, 0.1) is 0 Å². The van der Waals surface area contributed by atoms with E-state index in [4.69, 9.17) is 0 Å². The molecule has 1 unspecified atom stereocenters. The van der Waals surface area contributed by atoms with E-state index < -0.39 is 0 Å². The van der Waals surface area contributed by atoms with Crippen LogP contribution in [-0.2, 0) is 0 Å². The van der Waals surface area contributed by atoms with E-state index in [2.05, 4.69) is 66.7 Å². The van der Waals surface area contributed by atoms with Gasteiger partial charge in [0.15, 0.2) is 0 Å². The van der Waals surface area contributed by atoms with E-state index in [1.807, 2.05) is 0 Å². The summed E-state index contributed by atoms with van der Waals surface area (Å²) < 4.78 is 0. The first-order valence-corrected chi connectivity index (χ1v) is 7.70. The molecule has 0 bridgehead atoms. The molecule has 1 atom stereocenters. The molecule has 1 saturated carbocycles. The van der Waals surface area contributed by atoms with Gasteiger partial charge in [-0.25, -0.2) is 0 Å². The van der Waals surface area contributed by atoms with Crippen molar-refractivity contribution in [2.75, 3.05) is 20.1 Å². The second-order valence-corrected chi connectivity index (χ2v) is 5.89. The number of hydrogen-bond donors (Lipinski definition) is 1. The first kappa shape index (κ1) is 13.6. The standard InChI is InChI=1S/C18H24N2/c1-3-19-18(13-20(2)17-10-11-17)16-9-8-14-6-4-5-7-15(14)12-16/h4-9,12,17-19H,3,10-11,13H2,1-2H3. The summed E-state index contributed by atoms with van der Waals surface area (Å²) in [4.78, 5) is 2.50. The average molecular weight is 268 g/mol. The Morgan fingerprint density at radius 2 is 1.90 bits per heavy atom. The van der Waals surface area contributed by atoms with Crippen LogP contribution in [0.4, 0.5) is 0 Å². The van der Waals surface area contributed by atoms with Crippen molar-refractivity contribution in [1.82, 2.24) is 10.2 Å². The molecule has 0 saturated heterocycles. The number of likely N-dealkylation sites (N-methyl/N-ethyl adjacent to an activating group) is 2.